The molecule has 10 nitrogen and oxygen atoms in total. The lowest BCUT2D eigenvalue weighted by Crippen LogP contribution is -2.42. The molecule has 0 aliphatic heterocycles. The number of pyridine rings is 1. The average Bonchev–Trinajstić information content (AvgIpc) is 3.25. The van der Waals surface area contributed by atoms with Gasteiger partial charge in [0.2, 0.25) is 5.91 Å². The van der Waals surface area contributed by atoms with Crippen LogP contribution in [0.4, 0.5) is 15.8 Å². The lowest BCUT2D eigenvalue weighted by atomic mass is 10.0. The molecule has 5 N–H and O–H groups in total. The van der Waals surface area contributed by atoms with Gasteiger partial charge in [-0.15, -0.1) is 0 Å². The Hall–Kier alpha value is -4.09. The first-order valence-corrected chi connectivity index (χ1v) is 11.2. The third kappa shape index (κ3) is 5.42. The monoisotopic (exact) mass is 511 g/mol. The van der Waals surface area contributed by atoms with Crippen LogP contribution in [0.15, 0.2) is 55.1 Å². The van der Waals surface area contributed by atoms with Crippen LogP contribution in [0.25, 0.3) is 16.9 Å². The number of amides is 2. The number of carbonyl (C=O) groups is 2. The molecule has 2 amide bonds. The largest absolute Gasteiger partial charge is 0.387 e. The zero-order valence-corrected chi connectivity index (χ0v) is 20.1. The molecule has 4 aromatic rings. The van der Waals surface area contributed by atoms with E-state index in [0.717, 1.165) is 0 Å². The normalized spacial score (nSPS) is 12.4. The van der Waals surface area contributed by atoms with Crippen molar-refractivity contribution in [2.45, 2.75) is 25.6 Å². The number of alkyl halides is 1. The third-order valence-corrected chi connectivity index (χ3v) is 5.60. The number of nitrogens with one attached hydrogen (secondary N) is 2. The smallest absolute Gasteiger partial charge is 0.255 e. The quantitative estimate of drug-likeness (QED) is 0.284. The molecular weight excluding hydrogens is 489 g/mol. The maximum atomic E-state index is 14.2. The molecule has 0 aliphatic carbocycles. The summed E-state index contributed by atoms with van der Waals surface area (Å²) in [6, 6.07) is 7.98. The van der Waals surface area contributed by atoms with E-state index in [0.29, 0.717) is 38.9 Å². The second kappa shape index (κ2) is 9.88. The van der Waals surface area contributed by atoms with Crippen molar-refractivity contribution >= 4 is 40.4 Å². The molecule has 0 saturated carbocycles. The number of carbonyl (C=O) groups excluding carboxylic acids is 2. The molecule has 1 atom stereocenters. The van der Waals surface area contributed by atoms with Gasteiger partial charge < -0.3 is 21.5 Å². The Morgan fingerprint density at radius 1 is 1.19 bits per heavy atom. The van der Waals surface area contributed by atoms with Gasteiger partial charge in [0.05, 0.1) is 52.1 Å². The number of nitrogens with zero attached hydrogens (tertiary/aromatic N) is 4. The molecule has 0 unspecified atom stereocenters. The number of aromatic nitrogens is 4. The number of halogens is 2. The SMILES string of the molecule is CC(C)(O)[C@H](F)CNC(=O)c1cnc(-c2cnn3cc(Cl)cnc23)cc1Nc1ccc(C(N)=O)cc1. The molecule has 4 rings (SSSR count). The van der Waals surface area contributed by atoms with Gasteiger partial charge in [-0.05, 0) is 44.2 Å². The van der Waals surface area contributed by atoms with E-state index in [1.54, 1.807) is 42.7 Å². The number of hydrogen-bond donors (Lipinski definition) is 4. The number of rotatable bonds is 8. The fraction of sp³-hybridized carbons (Fsp3) is 0.208. The highest BCUT2D eigenvalue weighted by atomic mass is 35.5. The zero-order valence-electron chi connectivity index (χ0n) is 19.4. The summed E-state index contributed by atoms with van der Waals surface area (Å²) in [7, 11) is 0. The highest BCUT2D eigenvalue weighted by Crippen LogP contribution is 2.29. The Labute approximate surface area is 210 Å². The summed E-state index contributed by atoms with van der Waals surface area (Å²) < 4.78 is 15.7. The fourth-order valence-corrected chi connectivity index (χ4v) is 3.46. The molecule has 36 heavy (non-hydrogen) atoms. The number of nitrogens with two attached hydrogens (primary N) is 1. The summed E-state index contributed by atoms with van der Waals surface area (Å²) in [5.74, 6) is -1.16. The highest BCUT2D eigenvalue weighted by Gasteiger charge is 2.27. The highest BCUT2D eigenvalue weighted by molar-refractivity contribution is 6.30. The molecule has 12 heteroatoms. The van der Waals surface area contributed by atoms with Crippen molar-refractivity contribution in [3.8, 4) is 11.3 Å². The maximum Gasteiger partial charge on any atom is 0.255 e. The van der Waals surface area contributed by atoms with E-state index in [-0.39, 0.29) is 5.56 Å². The van der Waals surface area contributed by atoms with Crippen molar-refractivity contribution in [1.29, 1.82) is 0 Å². The minimum atomic E-state index is -1.68. The van der Waals surface area contributed by atoms with Gasteiger partial charge in [0.1, 0.15) is 6.17 Å². The van der Waals surface area contributed by atoms with Crippen LogP contribution in [-0.2, 0) is 0 Å². The van der Waals surface area contributed by atoms with Gasteiger partial charge in [-0.25, -0.2) is 13.9 Å². The summed E-state index contributed by atoms with van der Waals surface area (Å²) in [4.78, 5) is 33.0. The second-order valence-electron chi connectivity index (χ2n) is 8.61. The molecule has 3 aromatic heterocycles. The minimum absolute atomic E-state index is 0.133. The second-order valence-corrected chi connectivity index (χ2v) is 9.05. The van der Waals surface area contributed by atoms with Crippen molar-refractivity contribution in [1.82, 2.24) is 24.9 Å². The fourth-order valence-electron chi connectivity index (χ4n) is 3.32. The summed E-state index contributed by atoms with van der Waals surface area (Å²) in [5.41, 5.74) is 6.64. The maximum absolute atomic E-state index is 14.2. The molecule has 0 spiro atoms. The standard InChI is InChI=1S/C24H23ClFN7O3/c1-24(2,36)20(26)11-30-23(35)17-9-28-18(16-10-31-33-12-14(25)8-29-22(16)33)7-19(17)32-15-5-3-13(4-6-15)21(27)34/h3-10,12,20,36H,11H2,1-2H3,(H2,27,34)(H,28,32)(H,30,35)/t20-/m1/s1. The number of fused-ring (bicyclic) bond motifs is 1. The summed E-state index contributed by atoms with van der Waals surface area (Å²) in [6.07, 6.45) is 4.33. The van der Waals surface area contributed by atoms with Crippen molar-refractivity contribution in [2.75, 3.05) is 11.9 Å². The predicted octanol–water partition coefficient (Wildman–Crippen LogP) is 3.13. The van der Waals surface area contributed by atoms with Crippen LogP contribution in [0.1, 0.15) is 34.6 Å². The van der Waals surface area contributed by atoms with Crippen molar-refractivity contribution in [3.63, 3.8) is 0 Å². The van der Waals surface area contributed by atoms with Crippen LogP contribution in [0.3, 0.4) is 0 Å². The Morgan fingerprint density at radius 2 is 1.92 bits per heavy atom. The van der Waals surface area contributed by atoms with Crippen LogP contribution in [-0.4, -0.2) is 54.8 Å². The number of benzene rings is 1. The summed E-state index contributed by atoms with van der Waals surface area (Å²) in [6.45, 7) is 2.25. The van der Waals surface area contributed by atoms with E-state index in [2.05, 4.69) is 25.7 Å². The molecule has 0 bridgehead atoms. The topological polar surface area (TPSA) is 148 Å². The number of anilines is 2. The molecule has 0 fully saturated rings. The zero-order chi connectivity index (χ0) is 26.0. The molecular formula is C24H23ClFN7O3. The van der Waals surface area contributed by atoms with Gasteiger partial charge in [0.15, 0.2) is 5.65 Å². The van der Waals surface area contributed by atoms with Gasteiger partial charge in [0.25, 0.3) is 5.91 Å². The van der Waals surface area contributed by atoms with E-state index in [9.17, 15) is 19.1 Å². The van der Waals surface area contributed by atoms with Gasteiger partial charge in [-0.2, -0.15) is 5.10 Å². The first-order valence-electron chi connectivity index (χ1n) is 10.8. The van der Waals surface area contributed by atoms with E-state index >= 15 is 0 Å². The van der Waals surface area contributed by atoms with Crippen LogP contribution >= 0.6 is 11.6 Å². The van der Waals surface area contributed by atoms with Crippen molar-refractivity contribution < 1.29 is 19.1 Å². The Kier molecular flexibility index (Phi) is 6.86. The van der Waals surface area contributed by atoms with E-state index < -0.39 is 30.1 Å². The number of hydrogen-bond acceptors (Lipinski definition) is 7. The summed E-state index contributed by atoms with van der Waals surface area (Å²) >= 11 is 5.99. The first-order chi connectivity index (χ1) is 17.0. The van der Waals surface area contributed by atoms with Gasteiger partial charge in [0, 0.05) is 23.6 Å². The lowest BCUT2D eigenvalue weighted by Gasteiger charge is -2.22. The molecule has 0 saturated heterocycles. The van der Waals surface area contributed by atoms with Gasteiger partial charge in [-0.1, -0.05) is 11.6 Å². The third-order valence-electron chi connectivity index (χ3n) is 5.41. The molecule has 3 heterocycles. The van der Waals surface area contributed by atoms with Crippen LogP contribution in [0, 0.1) is 0 Å². The molecule has 1 aromatic carbocycles. The lowest BCUT2D eigenvalue weighted by molar-refractivity contribution is -0.00177. The predicted molar refractivity (Wildman–Crippen MR) is 133 cm³/mol. The Bertz CT molecular complexity index is 1430. The number of primary amides is 1. The van der Waals surface area contributed by atoms with Gasteiger partial charge in [-0.3, -0.25) is 14.6 Å². The van der Waals surface area contributed by atoms with Crippen LogP contribution in [0.2, 0.25) is 5.02 Å². The molecule has 0 aliphatic rings. The van der Waals surface area contributed by atoms with Crippen molar-refractivity contribution in [2.24, 2.45) is 5.73 Å². The summed E-state index contributed by atoms with van der Waals surface area (Å²) in [5, 5.41) is 20.1. The Balaban J connectivity index is 1.70. The molecule has 0 radical (unpaired) electrons. The minimum Gasteiger partial charge on any atom is -0.387 e. The molecule has 186 valence electrons. The van der Waals surface area contributed by atoms with E-state index in [1.807, 2.05) is 0 Å². The van der Waals surface area contributed by atoms with E-state index in [4.69, 9.17) is 17.3 Å². The van der Waals surface area contributed by atoms with Crippen LogP contribution < -0.4 is 16.4 Å². The number of aliphatic hydroxyl groups is 1. The van der Waals surface area contributed by atoms with Gasteiger partial charge >= 0.3 is 0 Å². The Morgan fingerprint density at radius 3 is 2.58 bits per heavy atom. The van der Waals surface area contributed by atoms with Crippen molar-refractivity contribution in [3.05, 3.63) is 71.3 Å². The first kappa shape index (κ1) is 25.0. The van der Waals surface area contributed by atoms with Crippen LogP contribution in [0.5, 0.6) is 0 Å². The average molecular weight is 512 g/mol. The van der Waals surface area contributed by atoms with E-state index in [1.165, 1.54) is 30.8 Å².